The summed E-state index contributed by atoms with van der Waals surface area (Å²) in [5, 5.41) is 4.08. The number of hydrazine groups is 1. The third kappa shape index (κ3) is 3.09. The molecule has 0 aromatic carbocycles. The number of nitrogens with one attached hydrogen (secondary N) is 2. The summed E-state index contributed by atoms with van der Waals surface area (Å²) in [6.07, 6.45) is 0.236. The molecule has 1 amide bonds. The molecule has 2 aromatic rings. The molecule has 2 rings (SSSR count). The number of nitrogen functional groups attached to an aromatic ring is 1. The average molecular weight is 280 g/mol. The number of anilines is 2. The Morgan fingerprint density at radius 2 is 2.26 bits per heavy atom. The number of hydrogen-bond donors (Lipinski definition) is 4. The minimum atomic E-state index is -0.357. The summed E-state index contributed by atoms with van der Waals surface area (Å²) in [6, 6.07) is 1.89. The standard InChI is InChI=1S/C11H16N6OS/c1-5(3-8(12)18)14-9-7-4-6(2)19-10(7)16-11(15-9)17-13/h4-5H,3,13H2,1-2H3,(H2,12,18)(H2,14,15,16,17). The maximum Gasteiger partial charge on any atom is 0.240 e. The molecule has 0 aliphatic rings. The van der Waals surface area contributed by atoms with Crippen LogP contribution in [-0.2, 0) is 4.79 Å². The molecule has 2 aromatic heterocycles. The number of aromatic nitrogens is 2. The number of aryl methyl sites for hydroxylation is 1. The van der Waals surface area contributed by atoms with Gasteiger partial charge in [-0.25, -0.2) is 10.8 Å². The SMILES string of the molecule is Cc1cc2c(NC(C)CC(N)=O)nc(NN)nc2s1. The third-order valence-electron chi connectivity index (χ3n) is 2.54. The van der Waals surface area contributed by atoms with Crippen LogP contribution in [0.5, 0.6) is 0 Å². The molecule has 2 heterocycles. The molecule has 0 bridgehead atoms. The molecule has 19 heavy (non-hydrogen) atoms. The van der Waals surface area contributed by atoms with Crippen molar-refractivity contribution in [3.8, 4) is 0 Å². The highest BCUT2D eigenvalue weighted by Crippen LogP contribution is 2.29. The second kappa shape index (κ2) is 5.37. The van der Waals surface area contributed by atoms with Gasteiger partial charge in [0.2, 0.25) is 11.9 Å². The lowest BCUT2D eigenvalue weighted by Crippen LogP contribution is -2.24. The van der Waals surface area contributed by atoms with E-state index in [0.29, 0.717) is 11.8 Å². The number of primary amides is 1. The Balaban J connectivity index is 2.37. The normalized spacial score (nSPS) is 12.4. The number of thiophene rings is 1. The minimum Gasteiger partial charge on any atom is -0.370 e. The lowest BCUT2D eigenvalue weighted by atomic mass is 10.2. The number of nitrogens with zero attached hydrogens (tertiary/aromatic N) is 2. The van der Waals surface area contributed by atoms with Crippen LogP contribution in [0.3, 0.4) is 0 Å². The van der Waals surface area contributed by atoms with E-state index in [0.717, 1.165) is 15.1 Å². The monoisotopic (exact) mass is 280 g/mol. The quantitative estimate of drug-likeness (QED) is 0.478. The van der Waals surface area contributed by atoms with E-state index in [1.54, 1.807) is 11.3 Å². The van der Waals surface area contributed by atoms with E-state index in [1.165, 1.54) is 0 Å². The van der Waals surface area contributed by atoms with E-state index >= 15 is 0 Å². The molecule has 1 atom stereocenters. The Morgan fingerprint density at radius 3 is 2.89 bits per heavy atom. The van der Waals surface area contributed by atoms with Crippen LogP contribution < -0.4 is 22.3 Å². The number of amides is 1. The van der Waals surface area contributed by atoms with Gasteiger partial charge >= 0.3 is 0 Å². The van der Waals surface area contributed by atoms with Crippen LogP contribution >= 0.6 is 11.3 Å². The van der Waals surface area contributed by atoms with Crippen molar-refractivity contribution in [3.63, 3.8) is 0 Å². The molecule has 0 spiro atoms. The number of fused-ring (bicyclic) bond motifs is 1. The van der Waals surface area contributed by atoms with Gasteiger partial charge in [-0.1, -0.05) is 0 Å². The summed E-state index contributed by atoms with van der Waals surface area (Å²) >= 11 is 1.56. The van der Waals surface area contributed by atoms with Crippen molar-refractivity contribution in [3.05, 3.63) is 10.9 Å². The van der Waals surface area contributed by atoms with Gasteiger partial charge in [0.25, 0.3) is 0 Å². The van der Waals surface area contributed by atoms with E-state index in [9.17, 15) is 4.79 Å². The van der Waals surface area contributed by atoms with Crippen molar-refractivity contribution in [1.82, 2.24) is 9.97 Å². The van der Waals surface area contributed by atoms with E-state index in [4.69, 9.17) is 11.6 Å². The first-order valence-electron chi connectivity index (χ1n) is 5.79. The zero-order valence-electron chi connectivity index (χ0n) is 10.7. The van der Waals surface area contributed by atoms with Gasteiger partial charge in [0, 0.05) is 17.3 Å². The van der Waals surface area contributed by atoms with E-state index in [1.807, 2.05) is 19.9 Å². The molecule has 1 unspecified atom stereocenters. The topological polar surface area (TPSA) is 119 Å². The van der Waals surface area contributed by atoms with Crippen LogP contribution in [0, 0.1) is 6.92 Å². The van der Waals surface area contributed by atoms with Crippen molar-refractivity contribution in [2.24, 2.45) is 11.6 Å². The van der Waals surface area contributed by atoms with E-state index in [-0.39, 0.29) is 18.4 Å². The van der Waals surface area contributed by atoms with Crippen molar-refractivity contribution in [2.75, 3.05) is 10.7 Å². The molecule has 0 saturated heterocycles. The van der Waals surface area contributed by atoms with Crippen molar-refractivity contribution >= 4 is 39.2 Å². The third-order valence-corrected chi connectivity index (χ3v) is 3.48. The first-order valence-corrected chi connectivity index (χ1v) is 6.61. The van der Waals surface area contributed by atoms with Crippen LogP contribution in [0.1, 0.15) is 18.2 Å². The predicted molar refractivity (Wildman–Crippen MR) is 76.9 cm³/mol. The van der Waals surface area contributed by atoms with Crippen LogP contribution in [0.25, 0.3) is 10.2 Å². The summed E-state index contributed by atoms with van der Waals surface area (Å²) in [5.74, 6) is 5.98. The highest BCUT2D eigenvalue weighted by atomic mass is 32.1. The number of nitrogens with two attached hydrogens (primary N) is 2. The van der Waals surface area contributed by atoms with Gasteiger partial charge in [-0.3, -0.25) is 10.2 Å². The van der Waals surface area contributed by atoms with Gasteiger partial charge in [-0.2, -0.15) is 4.98 Å². The van der Waals surface area contributed by atoms with Crippen molar-refractivity contribution in [2.45, 2.75) is 26.3 Å². The summed E-state index contributed by atoms with van der Waals surface area (Å²) in [6.45, 7) is 3.87. The Morgan fingerprint density at radius 1 is 1.53 bits per heavy atom. The first kappa shape index (κ1) is 13.5. The lowest BCUT2D eigenvalue weighted by molar-refractivity contribution is -0.118. The van der Waals surface area contributed by atoms with Gasteiger partial charge in [0.15, 0.2) is 0 Å². The summed E-state index contributed by atoms with van der Waals surface area (Å²) in [5.41, 5.74) is 7.61. The zero-order valence-corrected chi connectivity index (χ0v) is 11.5. The summed E-state index contributed by atoms with van der Waals surface area (Å²) < 4.78 is 0. The molecule has 102 valence electrons. The molecule has 8 heteroatoms. The van der Waals surface area contributed by atoms with Crippen molar-refractivity contribution < 1.29 is 4.79 Å². The summed E-state index contributed by atoms with van der Waals surface area (Å²) in [7, 11) is 0. The maximum absolute atomic E-state index is 10.9. The number of carbonyl (C=O) groups is 1. The molecule has 7 nitrogen and oxygen atoms in total. The van der Waals surface area contributed by atoms with Gasteiger partial charge in [0.05, 0.1) is 5.39 Å². The Kier molecular flexibility index (Phi) is 3.82. The van der Waals surface area contributed by atoms with Crippen molar-refractivity contribution in [1.29, 1.82) is 0 Å². The zero-order chi connectivity index (χ0) is 14.0. The molecular weight excluding hydrogens is 264 g/mol. The molecular formula is C11H16N6OS. The first-order chi connectivity index (χ1) is 8.99. The van der Waals surface area contributed by atoms with Gasteiger partial charge in [-0.05, 0) is 19.9 Å². The van der Waals surface area contributed by atoms with Gasteiger partial charge < -0.3 is 11.1 Å². The number of carbonyl (C=O) groups excluding carboxylic acids is 1. The highest BCUT2D eigenvalue weighted by molar-refractivity contribution is 7.18. The van der Waals surface area contributed by atoms with Crippen LogP contribution in [0.15, 0.2) is 6.07 Å². The van der Waals surface area contributed by atoms with Gasteiger partial charge in [-0.15, -0.1) is 11.3 Å². The Labute approximate surface area is 114 Å². The lowest BCUT2D eigenvalue weighted by Gasteiger charge is -2.14. The fraction of sp³-hybridized carbons (Fsp3) is 0.364. The smallest absolute Gasteiger partial charge is 0.240 e. The highest BCUT2D eigenvalue weighted by Gasteiger charge is 2.13. The molecule has 0 fully saturated rings. The van der Waals surface area contributed by atoms with Crippen LogP contribution in [-0.4, -0.2) is 21.9 Å². The van der Waals surface area contributed by atoms with Crippen LogP contribution in [0.2, 0.25) is 0 Å². The van der Waals surface area contributed by atoms with Gasteiger partial charge in [0.1, 0.15) is 10.6 Å². The Hall–Kier alpha value is -1.93. The van der Waals surface area contributed by atoms with E-state index in [2.05, 4.69) is 20.7 Å². The van der Waals surface area contributed by atoms with Crippen LogP contribution in [0.4, 0.5) is 11.8 Å². The second-order valence-corrected chi connectivity index (χ2v) is 5.57. The predicted octanol–water partition coefficient (Wildman–Crippen LogP) is 0.961. The Bertz CT molecular complexity index is 610. The fourth-order valence-corrected chi connectivity index (χ4v) is 2.68. The molecule has 0 aliphatic heterocycles. The molecule has 0 radical (unpaired) electrons. The summed E-state index contributed by atoms with van der Waals surface area (Å²) in [4.78, 5) is 21.4. The maximum atomic E-state index is 10.9. The molecule has 6 N–H and O–H groups in total. The average Bonchev–Trinajstić information content (AvgIpc) is 2.68. The number of hydrogen-bond acceptors (Lipinski definition) is 7. The fourth-order valence-electron chi connectivity index (χ4n) is 1.80. The second-order valence-electron chi connectivity index (χ2n) is 4.33. The van der Waals surface area contributed by atoms with E-state index < -0.39 is 0 Å². The molecule has 0 saturated carbocycles. The minimum absolute atomic E-state index is 0.110. The largest absolute Gasteiger partial charge is 0.370 e. The molecule has 0 aliphatic carbocycles. The number of rotatable bonds is 5.